The standard InChI is InChI=1S/C14H17F2NO/c1-9(2)14-11(15)7-10(8-12(14)16)17-6-4-3-5-13(17)18/h7-9H,3-6H2,1-2H3. The minimum Gasteiger partial charge on any atom is -0.312 e. The van der Waals surface area contributed by atoms with Gasteiger partial charge in [-0.05, 0) is 30.9 Å². The maximum atomic E-state index is 13.9. The third kappa shape index (κ3) is 2.37. The summed E-state index contributed by atoms with van der Waals surface area (Å²) in [6.45, 7) is 4.03. The Bertz CT molecular complexity index is 448. The zero-order chi connectivity index (χ0) is 13.3. The molecule has 0 N–H and O–H groups in total. The normalized spacial score (nSPS) is 16.5. The van der Waals surface area contributed by atoms with E-state index < -0.39 is 11.6 Å². The fourth-order valence-electron chi connectivity index (χ4n) is 2.36. The van der Waals surface area contributed by atoms with Gasteiger partial charge in [0, 0.05) is 24.2 Å². The zero-order valence-corrected chi connectivity index (χ0v) is 10.7. The summed E-state index contributed by atoms with van der Waals surface area (Å²) in [5, 5.41) is 0. The van der Waals surface area contributed by atoms with Crippen LogP contribution in [0, 0.1) is 11.6 Å². The number of rotatable bonds is 2. The molecule has 0 aromatic heterocycles. The van der Waals surface area contributed by atoms with E-state index in [4.69, 9.17) is 0 Å². The molecule has 2 nitrogen and oxygen atoms in total. The molecule has 0 aliphatic carbocycles. The van der Waals surface area contributed by atoms with E-state index in [1.807, 2.05) is 0 Å². The number of piperidine rings is 1. The van der Waals surface area contributed by atoms with Crippen molar-refractivity contribution in [2.45, 2.75) is 39.0 Å². The average molecular weight is 253 g/mol. The molecule has 0 saturated carbocycles. The van der Waals surface area contributed by atoms with E-state index in [0.717, 1.165) is 12.8 Å². The zero-order valence-electron chi connectivity index (χ0n) is 10.7. The Hall–Kier alpha value is -1.45. The number of hydrogen-bond donors (Lipinski definition) is 0. The summed E-state index contributed by atoms with van der Waals surface area (Å²) in [4.78, 5) is 13.2. The van der Waals surface area contributed by atoms with Crippen LogP contribution in [0.2, 0.25) is 0 Å². The van der Waals surface area contributed by atoms with Crippen LogP contribution >= 0.6 is 0 Å². The van der Waals surface area contributed by atoms with Crippen molar-refractivity contribution in [2.24, 2.45) is 0 Å². The second-order valence-electron chi connectivity index (χ2n) is 4.98. The summed E-state index contributed by atoms with van der Waals surface area (Å²) in [5.41, 5.74) is 0.419. The van der Waals surface area contributed by atoms with Crippen LogP contribution < -0.4 is 4.90 Å². The van der Waals surface area contributed by atoms with Gasteiger partial charge in [-0.1, -0.05) is 13.8 Å². The molecule has 1 aromatic rings. The lowest BCUT2D eigenvalue weighted by atomic mass is 10.0. The summed E-state index contributed by atoms with van der Waals surface area (Å²) >= 11 is 0. The molecule has 0 radical (unpaired) electrons. The molecule has 1 heterocycles. The number of anilines is 1. The second-order valence-corrected chi connectivity index (χ2v) is 4.98. The highest BCUT2D eigenvalue weighted by Crippen LogP contribution is 2.29. The van der Waals surface area contributed by atoms with Crippen molar-refractivity contribution in [1.82, 2.24) is 0 Å². The van der Waals surface area contributed by atoms with Gasteiger partial charge in [0.1, 0.15) is 11.6 Å². The van der Waals surface area contributed by atoms with Crippen LogP contribution in [0.25, 0.3) is 0 Å². The first-order valence-corrected chi connectivity index (χ1v) is 6.30. The minimum atomic E-state index is -0.571. The Morgan fingerprint density at radius 1 is 1.17 bits per heavy atom. The molecule has 1 aromatic carbocycles. The molecule has 1 aliphatic heterocycles. The monoisotopic (exact) mass is 253 g/mol. The molecule has 0 atom stereocenters. The van der Waals surface area contributed by atoms with Crippen molar-refractivity contribution >= 4 is 11.6 Å². The largest absolute Gasteiger partial charge is 0.312 e. The molecular weight excluding hydrogens is 236 g/mol. The molecule has 2 rings (SSSR count). The highest BCUT2D eigenvalue weighted by Gasteiger charge is 2.22. The van der Waals surface area contributed by atoms with E-state index in [2.05, 4.69) is 0 Å². The number of hydrogen-bond acceptors (Lipinski definition) is 1. The fraction of sp³-hybridized carbons (Fsp3) is 0.500. The molecule has 1 fully saturated rings. The Balaban J connectivity index is 2.38. The van der Waals surface area contributed by atoms with Crippen LogP contribution in [-0.4, -0.2) is 12.5 Å². The average Bonchev–Trinajstić information content (AvgIpc) is 2.27. The lowest BCUT2D eigenvalue weighted by Gasteiger charge is -2.27. The molecular formula is C14H17F2NO. The second kappa shape index (κ2) is 5.04. The van der Waals surface area contributed by atoms with Crippen LogP contribution in [0.1, 0.15) is 44.6 Å². The molecule has 0 spiro atoms. The van der Waals surface area contributed by atoms with Gasteiger partial charge >= 0.3 is 0 Å². The van der Waals surface area contributed by atoms with E-state index >= 15 is 0 Å². The van der Waals surface area contributed by atoms with E-state index in [0.29, 0.717) is 18.7 Å². The van der Waals surface area contributed by atoms with Crippen LogP contribution in [0.5, 0.6) is 0 Å². The van der Waals surface area contributed by atoms with Gasteiger partial charge in [0.15, 0.2) is 0 Å². The summed E-state index contributed by atoms with van der Waals surface area (Å²) in [7, 11) is 0. The van der Waals surface area contributed by atoms with Gasteiger partial charge in [-0.25, -0.2) is 8.78 Å². The van der Waals surface area contributed by atoms with Crippen molar-refractivity contribution in [3.8, 4) is 0 Å². The highest BCUT2D eigenvalue weighted by atomic mass is 19.1. The Morgan fingerprint density at radius 2 is 1.78 bits per heavy atom. The third-order valence-electron chi connectivity index (χ3n) is 3.28. The van der Waals surface area contributed by atoms with E-state index in [1.165, 1.54) is 17.0 Å². The number of carbonyl (C=O) groups excluding carboxylic acids is 1. The third-order valence-corrected chi connectivity index (χ3v) is 3.28. The van der Waals surface area contributed by atoms with Crippen molar-refractivity contribution in [3.63, 3.8) is 0 Å². The van der Waals surface area contributed by atoms with Crippen LogP contribution in [0.3, 0.4) is 0 Å². The minimum absolute atomic E-state index is 0.0580. The molecule has 18 heavy (non-hydrogen) atoms. The summed E-state index contributed by atoms with van der Waals surface area (Å²) in [5.74, 6) is -1.41. The predicted octanol–water partition coefficient (Wildman–Crippen LogP) is 3.61. The summed E-state index contributed by atoms with van der Waals surface area (Å²) in [6, 6.07) is 2.53. The van der Waals surface area contributed by atoms with Gasteiger partial charge in [-0.3, -0.25) is 4.79 Å². The lowest BCUT2D eigenvalue weighted by molar-refractivity contribution is -0.119. The molecule has 4 heteroatoms. The van der Waals surface area contributed by atoms with Crippen LogP contribution in [0.4, 0.5) is 14.5 Å². The maximum Gasteiger partial charge on any atom is 0.226 e. The number of halogens is 2. The van der Waals surface area contributed by atoms with Crippen LogP contribution in [-0.2, 0) is 4.79 Å². The Morgan fingerprint density at radius 3 is 2.28 bits per heavy atom. The van der Waals surface area contributed by atoms with E-state index in [1.54, 1.807) is 13.8 Å². The van der Waals surface area contributed by atoms with Crippen LogP contribution in [0.15, 0.2) is 12.1 Å². The van der Waals surface area contributed by atoms with Gasteiger partial charge < -0.3 is 4.90 Å². The van der Waals surface area contributed by atoms with Gasteiger partial charge in [0.25, 0.3) is 0 Å². The smallest absolute Gasteiger partial charge is 0.226 e. The van der Waals surface area contributed by atoms with Gasteiger partial charge in [-0.15, -0.1) is 0 Å². The molecule has 0 bridgehead atoms. The molecule has 1 amide bonds. The molecule has 0 unspecified atom stereocenters. The highest BCUT2D eigenvalue weighted by molar-refractivity contribution is 5.94. The molecule has 1 aliphatic rings. The summed E-state index contributed by atoms with van der Waals surface area (Å²) in [6.07, 6.45) is 2.18. The van der Waals surface area contributed by atoms with Crippen molar-refractivity contribution < 1.29 is 13.6 Å². The lowest BCUT2D eigenvalue weighted by Crippen LogP contribution is -2.35. The van der Waals surface area contributed by atoms with Crippen molar-refractivity contribution in [3.05, 3.63) is 29.3 Å². The maximum absolute atomic E-state index is 13.9. The topological polar surface area (TPSA) is 20.3 Å². The first-order valence-electron chi connectivity index (χ1n) is 6.30. The van der Waals surface area contributed by atoms with Crippen molar-refractivity contribution in [2.75, 3.05) is 11.4 Å². The van der Waals surface area contributed by atoms with Gasteiger partial charge in [-0.2, -0.15) is 0 Å². The first-order chi connectivity index (χ1) is 8.50. The fourth-order valence-corrected chi connectivity index (χ4v) is 2.36. The number of carbonyl (C=O) groups is 1. The van der Waals surface area contributed by atoms with E-state index in [-0.39, 0.29) is 17.4 Å². The summed E-state index contributed by atoms with van der Waals surface area (Å²) < 4.78 is 27.7. The predicted molar refractivity (Wildman–Crippen MR) is 66.7 cm³/mol. The first kappa shape index (κ1) is 13.0. The Labute approximate surface area is 106 Å². The van der Waals surface area contributed by atoms with Gasteiger partial charge in [0.05, 0.1) is 0 Å². The number of amides is 1. The number of benzene rings is 1. The van der Waals surface area contributed by atoms with E-state index in [9.17, 15) is 13.6 Å². The molecule has 1 saturated heterocycles. The number of nitrogens with zero attached hydrogens (tertiary/aromatic N) is 1. The Kier molecular flexibility index (Phi) is 3.64. The molecule has 98 valence electrons. The quantitative estimate of drug-likeness (QED) is 0.788. The van der Waals surface area contributed by atoms with Crippen molar-refractivity contribution in [1.29, 1.82) is 0 Å². The SMILES string of the molecule is CC(C)c1c(F)cc(N2CCCCC2=O)cc1F. The van der Waals surface area contributed by atoms with Gasteiger partial charge in [0.2, 0.25) is 5.91 Å².